The molecule has 2 aliphatic carbocycles. The molecular weight excluding hydrogens is 352 g/mol. The van der Waals surface area contributed by atoms with Crippen LogP contribution in [0.4, 0.5) is 0 Å². The van der Waals surface area contributed by atoms with Crippen LogP contribution in [0.1, 0.15) is 65.2 Å². The van der Waals surface area contributed by atoms with Crippen LogP contribution < -0.4 is 11.0 Å². The van der Waals surface area contributed by atoms with E-state index >= 15 is 0 Å². The van der Waals surface area contributed by atoms with Crippen molar-refractivity contribution in [3.8, 4) is 0 Å². The quantitative estimate of drug-likeness (QED) is 0.220. The number of alkyl halides is 1. The van der Waals surface area contributed by atoms with E-state index in [1.54, 1.807) is 6.92 Å². The fourth-order valence-corrected chi connectivity index (χ4v) is 4.00. The van der Waals surface area contributed by atoms with Gasteiger partial charge in [0, 0.05) is 22.7 Å². The summed E-state index contributed by atoms with van der Waals surface area (Å²) in [7, 11) is 0. The maximum absolute atomic E-state index is 11.9. The number of carbonyl (C=O) groups is 1. The fraction of sp³-hybridized carbons (Fsp3) is 0.938. The van der Waals surface area contributed by atoms with Crippen molar-refractivity contribution in [2.75, 3.05) is 0 Å². The van der Waals surface area contributed by atoms with Gasteiger partial charge in [0.2, 0.25) is 0 Å². The zero-order chi connectivity index (χ0) is 17.4. The molecule has 140 valence electrons. The summed E-state index contributed by atoms with van der Waals surface area (Å²) in [6.45, 7) is 4.00. The van der Waals surface area contributed by atoms with Crippen molar-refractivity contribution in [3.05, 3.63) is 0 Å². The fourth-order valence-electron chi connectivity index (χ4n) is 3.10. The average molecular weight is 381 g/mol. The van der Waals surface area contributed by atoms with E-state index in [0.717, 1.165) is 44.4 Å². The smallest absolute Gasteiger partial charge is 0.264 e. The van der Waals surface area contributed by atoms with Crippen molar-refractivity contribution in [1.82, 2.24) is 11.0 Å². The highest BCUT2D eigenvalue weighted by molar-refractivity contribution is 7.95. The third kappa shape index (κ3) is 7.45. The number of hydrazine groups is 1. The van der Waals surface area contributed by atoms with Crippen molar-refractivity contribution in [3.63, 3.8) is 0 Å². The Morgan fingerprint density at radius 2 is 1.79 bits per heavy atom. The Labute approximate surface area is 153 Å². The highest BCUT2D eigenvalue weighted by Gasteiger charge is 2.24. The maximum atomic E-state index is 11.9. The van der Waals surface area contributed by atoms with Gasteiger partial charge in [0.05, 0.1) is 6.10 Å². The molecule has 2 saturated carbocycles. The van der Waals surface area contributed by atoms with Crippen molar-refractivity contribution >= 4 is 29.6 Å². The van der Waals surface area contributed by atoms with Gasteiger partial charge >= 0.3 is 0 Å². The van der Waals surface area contributed by atoms with Crippen LogP contribution in [0.5, 0.6) is 0 Å². The monoisotopic (exact) mass is 380 g/mol. The molecule has 0 heterocycles. The minimum absolute atomic E-state index is 0.0992. The Hall–Kier alpha value is -0.0500. The number of halogens is 1. The second-order valence-corrected chi connectivity index (χ2v) is 8.49. The summed E-state index contributed by atoms with van der Waals surface area (Å²) in [5.41, 5.74) is 4.74. The van der Waals surface area contributed by atoms with Crippen LogP contribution in [0.25, 0.3) is 0 Å². The van der Waals surface area contributed by atoms with E-state index in [-0.39, 0.29) is 17.4 Å². The van der Waals surface area contributed by atoms with E-state index in [0.29, 0.717) is 5.25 Å². The second-order valence-electron chi connectivity index (χ2n) is 6.87. The van der Waals surface area contributed by atoms with Crippen LogP contribution in [-0.2, 0) is 18.9 Å². The lowest BCUT2D eigenvalue weighted by atomic mass is 9.91. The molecule has 0 radical (unpaired) electrons. The zero-order valence-corrected chi connectivity index (χ0v) is 16.0. The molecule has 0 saturated heterocycles. The van der Waals surface area contributed by atoms with Crippen molar-refractivity contribution in [1.29, 1.82) is 0 Å². The molecule has 2 fully saturated rings. The predicted octanol–water partition coefficient (Wildman–Crippen LogP) is 3.65. The number of amides is 1. The first-order chi connectivity index (χ1) is 11.5. The second kappa shape index (κ2) is 10.8. The lowest BCUT2D eigenvalue weighted by Crippen LogP contribution is -2.44. The molecule has 0 aromatic heterocycles. The molecule has 0 aromatic rings. The molecule has 0 spiro atoms. The van der Waals surface area contributed by atoms with Gasteiger partial charge in [0.1, 0.15) is 6.10 Å². The Bertz CT molecular complexity index is 375. The van der Waals surface area contributed by atoms with Crippen LogP contribution in [-0.4, -0.2) is 28.7 Å². The van der Waals surface area contributed by atoms with E-state index in [1.165, 1.54) is 24.9 Å². The van der Waals surface area contributed by atoms with Gasteiger partial charge in [-0.15, -0.1) is 20.9 Å². The number of nitrogens with one attached hydrogen (secondary N) is 2. The first-order valence-electron chi connectivity index (χ1n) is 8.88. The van der Waals surface area contributed by atoms with Crippen LogP contribution >= 0.6 is 23.6 Å². The molecule has 6 nitrogen and oxygen atoms in total. The van der Waals surface area contributed by atoms with Gasteiger partial charge in [-0.1, -0.05) is 12.5 Å². The van der Waals surface area contributed by atoms with E-state index in [2.05, 4.69) is 17.9 Å². The standard InChI is InChI=1S/C16H29ClN2O4S/c1-11-3-9-15(10-4-11)24-23-22-19-18-16(20)12(2)21-14-7-5-13(17)6-8-14/h11-15,19H,3-10H2,1-2H3,(H,18,20). The van der Waals surface area contributed by atoms with Crippen LogP contribution in [0.3, 0.4) is 0 Å². The molecule has 0 bridgehead atoms. The Kier molecular flexibility index (Phi) is 9.15. The van der Waals surface area contributed by atoms with E-state index in [1.807, 2.05) is 0 Å². The zero-order valence-electron chi connectivity index (χ0n) is 14.5. The lowest BCUT2D eigenvalue weighted by molar-refractivity contribution is -0.257. The van der Waals surface area contributed by atoms with Crippen molar-refractivity contribution in [2.45, 2.75) is 88.0 Å². The minimum Gasteiger partial charge on any atom is -0.365 e. The molecule has 1 amide bonds. The molecular formula is C16H29ClN2O4S. The van der Waals surface area contributed by atoms with Crippen molar-refractivity contribution < 1.29 is 18.9 Å². The van der Waals surface area contributed by atoms with Gasteiger partial charge in [0.25, 0.3) is 5.91 Å². The predicted molar refractivity (Wildman–Crippen MR) is 94.9 cm³/mol. The number of ether oxygens (including phenoxy) is 1. The molecule has 0 aromatic carbocycles. The summed E-state index contributed by atoms with van der Waals surface area (Å²) in [5, 5.41) is 0.698. The average Bonchev–Trinajstić information content (AvgIpc) is 2.58. The van der Waals surface area contributed by atoms with Gasteiger partial charge < -0.3 is 4.74 Å². The van der Waals surface area contributed by atoms with Gasteiger partial charge in [0.15, 0.2) is 0 Å². The summed E-state index contributed by atoms with van der Waals surface area (Å²) in [6.07, 6.45) is 7.95. The first kappa shape index (κ1) is 20.3. The molecule has 2 aliphatic rings. The largest absolute Gasteiger partial charge is 0.365 e. The molecule has 1 unspecified atom stereocenters. The summed E-state index contributed by atoms with van der Waals surface area (Å²) in [5.74, 6) is 0.518. The van der Waals surface area contributed by atoms with E-state index < -0.39 is 6.10 Å². The molecule has 2 N–H and O–H groups in total. The van der Waals surface area contributed by atoms with Gasteiger partial charge in [-0.3, -0.25) is 10.2 Å². The van der Waals surface area contributed by atoms with Crippen molar-refractivity contribution in [2.24, 2.45) is 5.92 Å². The highest BCUT2D eigenvalue weighted by atomic mass is 35.5. The topological polar surface area (TPSA) is 68.8 Å². The van der Waals surface area contributed by atoms with Gasteiger partial charge in [-0.2, -0.15) is 0 Å². The number of rotatable bonds is 8. The number of hydrogen-bond acceptors (Lipinski definition) is 6. The summed E-state index contributed by atoms with van der Waals surface area (Å²) >= 11 is 7.37. The Balaban J connectivity index is 1.49. The summed E-state index contributed by atoms with van der Waals surface area (Å²) in [4.78, 5) is 16.7. The molecule has 1 atom stereocenters. The molecule has 2 rings (SSSR count). The minimum atomic E-state index is -0.550. The van der Waals surface area contributed by atoms with Gasteiger partial charge in [-0.25, -0.2) is 0 Å². The molecule has 24 heavy (non-hydrogen) atoms. The SMILES string of the molecule is CC1CCC(SOONNC(=O)C(C)OC2CCC(Cl)CC2)CC1. The molecule has 0 aliphatic heterocycles. The van der Waals surface area contributed by atoms with Gasteiger partial charge in [-0.05, 0) is 64.2 Å². The third-order valence-corrected chi connectivity index (χ3v) is 6.08. The maximum Gasteiger partial charge on any atom is 0.264 e. The van der Waals surface area contributed by atoms with Crippen LogP contribution in [0.15, 0.2) is 0 Å². The van der Waals surface area contributed by atoms with E-state index in [4.69, 9.17) is 25.7 Å². The van der Waals surface area contributed by atoms with Crippen LogP contribution in [0, 0.1) is 5.92 Å². The number of carbonyl (C=O) groups excluding carboxylic acids is 1. The number of hydrogen-bond donors (Lipinski definition) is 2. The summed E-state index contributed by atoms with van der Waals surface area (Å²) < 4.78 is 10.8. The molecule has 8 heteroatoms. The lowest BCUT2D eigenvalue weighted by Gasteiger charge is -2.27. The summed E-state index contributed by atoms with van der Waals surface area (Å²) in [6, 6.07) is 0. The van der Waals surface area contributed by atoms with E-state index in [9.17, 15) is 4.79 Å². The third-order valence-electron chi connectivity index (χ3n) is 4.76. The van der Waals surface area contributed by atoms with Crippen LogP contribution in [0.2, 0.25) is 0 Å². The Morgan fingerprint density at radius 3 is 2.46 bits per heavy atom. The normalized spacial score (nSPS) is 32.3. The first-order valence-corrected chi connectivity index (χ1v) is 10.1. The Morgan fingerprint density at radius 1 is 1.12 bits per heavy atom. The highest BCUT2D eigenvalue weighted by Crippen LogP contribution is 2.31.